The van der Waals surface area contributed by atoms with Gasteiger partial charge >= 0.3 is 5.69 Å². The maximum absolute atomic E-state index is 12.3. The van der Waals surface area contributed by atoms with Gasteiger partial charge in [-0.15, -0.1) is 0 Å². The highest BCUT2D eigenvalue weighted by molar-refractivity contribution is 5.91. The zero-order valence-electron chi connectivity index (χ0n) is 11.8. The Balaban J connectivity index is 2.48. The maximum atomic E-state index is 12.3. The molecule has 0 fully saturated rings. The number of rotatable bonds is 2. The van der Waals surface area contributed by atoms with Gasteiger partial charge in [-0.25, -0.2) is 9.78 Å². The summed E-state index contributed by atoms with van der Waals surface area (Å²) >= 11 is 0. The fourth-order valence-electron chi connectivity index (χ4n) is 2.51. The van der Waals surface area contributed by atoms with Crippen LogP contribution in [0.25, 0.3) is 22.2 Å². The number of nitrogens with zero attached hydrogens (tertiary/aromatic N) is 2. The van der Waals surface area contributed by atoms with Gasteiger partial charge in [0.05, 0.1) is 5.39 Å². The van der Waals surface area contributed by atoms with Crippen LogP contribution in [0.4, 0.5) is 0 Å². The summed E-state index contributed by atoms with van der Waals surface area (Å²) in [6.07, 6.45) is 1.63. The number of pyridine rings is 1. The first-order chi connectivity index (χ1) is 10.1. The molecule has 1 aromatic carbocycles. The Hall–Kier alpha value is -2.69. The molecule has 0 saturated heterocycles. The van der Waals surface area contributed by atoms with Crippen molar-refractivity contribution in [3.8, 4) is 11.1 Å². The van der Waals surface area contributed by atoms with E-state index in [-0.39, 0.29) is 6.04 Å². The van der Waals surface area contributed by atoms with Gasteiger partial charge < -0.3 is 0 Å². The molecule has 3 aromatic rings. The average Bonchev–Trinajstić information content (AvgIpc) is 2.47. The summed E-state index contributed by atoms with van der Waals surface area (Å²) in [7, 11) is 0. The highest BCUT2D eigenvalue weighted by Crippen LogP contribution is 2.24. The predicted molar refractivity (Wildman–Crippen MR) is 82.4 cm³/mol. The molecule has 0 aliphatic carbocycles. The van der Waals surface area contributed by atoms with Crippen LogP contribution < -0.4 is 11.2 Å². The molecule has 0 aliphatic heterocycles. The molecule has 0 aliphatic rings. The van der Waals surface area contributed by atoms with Gasteiger partial charge in [-0.1, -0.05) is 30.3 Å². The lowest BCUT2D eigenvalue weighted by molar-refractivity contribution is 0.579. The number of nitrogens with one attached hydrogen (secondary N) is 1. The lowest BCUT2D eigenvalue weighted by Gasteiger charge is -2.13. The van der Waals surface area contributed by atoms with E-state index < -0.39 is 11.2 Å². The molecule has 106 valence electrons. The van der Waals surface area contributed by atoms with E-state index in [1.165, 1.54) is 4.57 Å². The topological polar surface area (TPSA) is 67.8 Å². The monoisotopic (exact) mass is 281 g/mol. The van der Waals surface area contributed by atoms with Gasteiger partial charge in [-0.3, -0.25) is 14.3 Å². The van der Waals surface area contributed by atoms with Crippen LogP contribution in [0.2, 0.25) is 0 Å². The molecule has 2 heterocycles. The highest BCUT2D eigenvalue weighted by Gasteiger charge is 2.15. The molecule has 0 unspecified atom stereocenters. The van der Waals surface area contributed by atoms with Crippen molar-refractivity contribution in [2.45, 2.75) is 19.9 Å². The molecular formula is C16H15N3O2. The van der Waals surface area contributed by atoms with E-state index in [4.69, 9.17) is 0 Å². The number of benzene rings is 1. The SMILES string of the molecule is CC(C)n1c(=O)[nH]c(=O)c2c(-c3ccccc3)ccnc21. The number of hydrogen-bond acceptors (Lipinski definition) is 3. The van der Waals surface area contributed by atoms with E-state index >= 15 is 0 Å². The molecule has 0 amide bonds. The third-order valence-corrected chi connectivity index (χ3v) is 3.43. The molecule has 0 bridgehead atoms. The van der Waals surface area contributed by atoms with Crippen LogP contribution in [0.1, 0.15) is 19.9 Å². The van der Waals surface area contributed by atoms with Crippen LogP contribution in [0.3, 0.4) is 0 Å². The van der Waals surface area contributed by atoms with E-state index in [0.717, 1.165) is 11.1 Å². The molecule has 5 heteroatoms. The van der Waals surface area contributed by atoms with Crippen LogP contribution in [-0.4, -0.2) is 14.5 Å². The van der Waals surface area contributed by atoms with Crippen LogP contribution in [-0.2, 0) is 0 Å². The number of aromatic amines is 1. The maximum Gasteiger partial charge on any atom is 0.330 e. The van der Waals surface area contributed by atoms with E-state index in [1.807, 2.05) is 44.2 Å². The Bertz CT molecular complexity index is 908. The van der Waals surface area contributed by atoms with E-state index in [0.29, 0.717) is 11.0 Å². The van der Waals surface area contributed by atoms with Gasteiger partial charge in [0.15, 0.2) is 0 Å². The third-order valence-electron chi connectivity index (χ3n) is 3.43. The molecule has 0 radical (unpaired) electrons. The Morgan fingerprint density at radius 3 is 2.48 bits per heavy atom. The van der Waals surface area contributed by atoms with Gasteiger partial charge in [0.2, 0.25) is 0 Å². The van der Waals surface area contributed by atoms with E-state index in [9.17, 15) is 9.59 Å². The Kier molecular flexibility index (Phi) is 3.17. The first kappa shape index (κ1) is 13.3. The number of fused-ring (bicyclic) bond motifs is 1. The Morgan fingerprint density at radius 1 is 1.10 bits per heavy atom. The van der Waals surface area contributed by atoms with Crippen molar-refractivity contribution >= 4 is 11.0 Å². The normalized spacial score (nSPS) is 11.2. The van der Waals surface area contributed by atoms with Gasteiger partial charge in [-0.2, -0.15) is 0 Å². The minimum absolute atomic E-state index is 0.0876. The minimum Gasteiger partial charge on any atom is -0.275 e. The molecule has 0 saturated carbocycles. The summed E-state index contributed by atoms with van der Waals surface area (Å²) in [5.74, 6) is 0. The number of hydrogen-bond donors (Lipinski definition) is 1. The van der Waals surface area contributed by atoms with Crippen LogP contribution in [0, 0.1) is 0 Å². The lowest BCUT2D eigenvalue weighted by Crippen LogP contribution is -2.32. The second-order valence-electron chi connectivity index (χ2n) is 5.15. The van der Waals surface area contributed by atoms with Crippen molar-refractivity contribution in [3.63, 3.8) is 0 Å². The van der Waals surface area contributed by atoms with Gasteiger partial charge in [0.1, 0.15) is 5.65 Å². The quantitative estimate of drug-likeness (QED) is 0.784. The van der Waals surface area contributed by atoms with Crippen molar-refractivity contribution in [2.75, 3.05) is 0 Å². The predicted octanol–water partition coefficient (Wildman–Crippen LogP) is 2.33. The first-order valence-electron chi connectivity index (χ1n) is 6.78. The summed E-state index contributed by atoms with van der Waals surface area (Å²) in [6.45, 7) is 3.77. The standard InChI is InChI=1S/C16H15N3O2/c1-10(2)19-14-13(15(20)18-16(19)21)12(8-9-17-14)11-6-4-3-5-7-11/h3-10H,1-2H3,(H,18,20,21). The first-order valence-corrected chi connectivity index (χ1v) is 6.78. The molecular weight excluding hydrogens is 266 g/mol. The molecule has 1 N–H and O–H groups in total. The second-order valence-corrected chi connectivity index (χ2v) is 5.15. The van der Waals surface area contributed by atoms with Gasteiger partial charge in [0.25, 0.3) is 5.56 Å². The molecule has 0 atom stereocenters. The average molecular weight is 281 g/mol. The summed E-state index contributed by atoms with van der Waals surface area (Å²) in [6, 6.07) is 11.3. The van der Waals surface area contributed by atoms with E-state index in [2.05, 4.69) is 9.97 Å². The molecule has 2 aromatic heterocycles. The van der Waals surface area contributed by atoms with Crippen molar-refractivity contribution < 1.29 is 0 Å². The summed E-state index contributed by atoms with van der Waals surface area (Å²) < 4.78 is 1.50. The van der Waals surface area contributed by atoms with Crippen molar-refractivity contribution in [1.82, 2.24) is 14.5 Å². The zero-order chi connectivity index (χ0) is 15.0. The summed E-state index contributed by atoms with van der Waals surface area (Å²) in [4.78, 5) is 30.9. The van der Waals surface area contributed by atoms with Crippen molar-refractivity contribution in [1.29, 1.82) is 0 Å². The lowest BCUT2D eigenvalue weighted by atomic mass is 10.0. The fraction of sp³-hybridized carbons (Fsp3) is 0.188. The number of aromatic nitrogens is 3. The van der Waals surface area contributed by atoms with Crippen molar-refractivity contribution in [2.24, 2.45) is 0 Å². The van der Waals surface area contributed by atoms with Gasteiger partial charge in [0, 0.05) is 12.2 Å². The van der Waals surface area contributed by atoms with Crippen molar-refractivity contribution in [3.05, 3.63) is 63.4 Å². The van der Waals surface area contributed by atoms with Crippen LogP contribution in [0.15, 0.2) is 52.2 Å². The van der Waals surface area contributed by atoms with E-state index in [1.54, 1.807) is 12.3 Å². The molecule has 0 spiro atoms. The zero-order valence-corrected chi connectivity index (χ0v) is 11.8. The highest BCUT2D eigenvalue weighted by atomic mass is 16.2. The smallest absolute Gasteiger partial charge is 0.275 e. The minimum atomic E-state index is -0.430. The molecule has 21 heavy (non-hydrogen) atoms. The summed E-state index contributed by atoms with van der Waals surface area (Å²) in [5, 5.41) is 0.442. The van der Waals surface area contributed by atoms with Crippen LogP contribution in [0.5, 0.6) is 0 Å². The largest absolute Gasteiger partial charge is 0.330 e. The molecule has 5 nitrogen and oxygen atoms in total. The Labute approximate surface area is 120 Å². The second kappa shape index (κ2) is 5.01. The molecule has 3 rings (SSSR count). The van der Waals surface area contributed by atoms with Gasteiger partial charge in [-0.05, 0) is 31.0 Å². The number of H-pyrrole nitrogens is 1. The Morgan fingerprint density at radius 2 is 1.81 bits per heavy atom. The van der Waals surface area contributed by atoms with Crippen LogP contribution >= 0.6 is 0 Å². The third kappa shape index (κ3) is 2.16. The fourth-order valence-corrected chi connectivity index (χ4v) is 2.51. The summed E-state index contributed by atoms with van der Waals surface area (Å²) in [5.41, 5.74) is 1.28.